The number of nitriles is 1. The van der Waals surface area contributed by atoms with Crippen LogP contribution in [0.15, 0.2) is 0 Å². The van der Waals surface area contributed by atoms with Crippen LogP contribution in [0.3, 0.4) is 0 Å². The first-order chi connectivity index (χ1) is 7.13. The van der Waals surface area contributed by atoms with E-state index >= 15 is 0 Å². The molecule has 0 saturated heterocycles. The smallest absolute Gasteiger partial charge is 0.307 e. The Kier molecular flexibility index (Phi) is 7.71. The Morgan fingerprint density at radius 1 is 1.47 bits per heavy atom. The summed E-state index contributed by atoms with van der Waals surface area (Å²) in [5.41, 5.74) is 0. The number of ether oxygens (including phenoxy) is 1. The molecule has 0 aromatic heterocycles. The second-order valence-electron chi connectivity index (χ2n) is 3.96. The van der Waals surface area contributed by atoms with Crippen molar-refractivity contribution in [3.8, 4) is 6.07 Å². The maximum atomic E-state index is 11.2. The number of esters is 1. The minimum atomic E-state index is -0.257. The summed E-state index contributed by atoms with van der Waals surface area (Å²) in [6.07, 6.45) is 3.27. The Morgan fingerprint density at radius 3 is 2.60 bits per heavy atom. The van der Waals surface area contributed by atoms with Gasteiger partial charge in [-0.25, -0.2) is 0 Å². The molecule has 0 aliphatic rings. The molecule has 0 aliphatic carbocycles. The summed E-state index contributed by atoms with van der Waals surface area (Å²) >= 11 is 0. The van der Waals surface area contributed by atoms with E-state index in [9.17, 15) is 4.79 Å². The van der Waals surface area contributed by atoms with Gasteiger partial charge in [-0.1, -0.05) is 26.7 Å². The molecule has 0 N–H and O–H groups in total. The molecule has 0 aliphatic heterocycles. The van der Waals surface area contributed by atoms with E-state index in [0.717, 1.165) is 19.3 Å². The van der Waals surface area contributed by atoms with Crippen LogP contribution in [0.1, 0.15) is 46.5 Å². The maximum absolute atomic E-state index is 11.2. The lowest BCUT2D eigenvalue weighted by Gasteiger charge is -2.13. The zero-order valence-electron chi connectivity index (χ0n) is 9.95. The summed E-state index contributed by atoms with van der Waals surface area (Å²) in [5, 5.41) is 8.90. The van der Waals surface area contributed by atoms with E-state index in [4.69, 9.17) is 10.00 Å². The Balaban J connectivity index is 3.93. The number of carbonyl (C=O) groups is 1. The standard InChI is InChI=1S/C12H21NO2/c1-4-6-10(3)7-11(9-13)8-12(14)15-5-2/h10-11H,4-8H2,1-3H3/t10-,11?/m1/s1. The van der Waals surface area contributed by atoms with Crippen molar-refractivity contribution < 1.29 is 9.53 Å². The molecule has 0 fully saturated rings. The van der Waals surface area contributed by atoms with Crippen LogP contribution in [0, 0.1) is 23.2 Å². The quantitative estimate of drug-likeness (QED) is 0.608. The van der Waals surface area contributed by atoms with Crippen LogP contribution in [-0.4, -0.2) is 12.6 Å². The molecule has 15 heavy (non-hydrogen) atoms. The topological polar surface area (TPSA) is 50.1 Å². The molecule has 2 atom stereocenters. The second kappa shape index (κ2) is 8.28. The molecule has 0 rings (SSSR count). The fraction of sp³-hybridized carbons (Fsp3) is 0.833. The lowest BCUT2D eigenvalue weighted by atomic mass is 9.91. The van der Waals surface area contributed by atoms with Crippen LogP contribution in [-0.2, 0) is 9.53 Å². The van der Waals surface area contributed by atoms with Crippen LogP contribution in [0.2, 0.25) is 0 Å². The Hall–Kier alpha value is -1.04. The maximum Gasteiger partial charge on any atom is 0.307 e. The highest BCUT2D eigenvalue weighted by Crippen LogP contribution is 2.19. The number of hydrogen-bond acceptors (Lipinski definition) is 3. The van der Waals surface area contributed by atoms with Gasteiger partial charge in [0.25, 0.3) is 0 Å². The van der Waals surface area contributed by atoms with Gasteiger partial charge in [-0.15, -0.1) is 0 Å². The highest BCUT2D eigenvalue weighted by atomic mass is 16.5. The third-order valence-electron chi connectivity index (χ3n) is 2.37. The van der Waals surface area contributed by atoms with Crippen molar-refractivity contribution in [3.63, 3.8) is 0 Å². The van der Waals surface area contributed by atoms with Crippen LogP contribution >= 0.6 is 0 Å². The van der Waals surface area contributed by atoms with Gasteiger partial charge in [0.1, 0.15) is 0 Å². The molecule has 0 aromatic rings. The van der Waals surface area contributed by atoms with Crippen molar-refractivity contribution in [2.45, 2.75) is 46.5 Å². The van der Waals surface area contributed by atoms with Gasteiger partial charge >= 0.3 is 5.97 Å². The summed E-state index contributed by atoms with van der Waals surface area (Å²) in [7, 11) is 0. The Morgan fingerprint density at radius 2 is 2.13 bits per heavy atom. The summed E-state index contributed by atoms with van der Waals surface area (Å²) in [6.45, 7) is 6.42. The fourth-order valence-electron chi connectivity index (χ4n) is 1.70. The van der Waals surface area contributed by atoms with E-state index < -0.39 is 0 Å². The summed E-state index contributed by atoms with van der Waals surface area (Å²) in [6, 6.07) is 2.18. The van der Waals surface area contributed by atoms with E-state index in [2.05, 4.69) is 19.9 Å². The van der Waals surface area contributed by atoms with Gasteiger partial charge in [-0.05, 0) is 19.3 Å². The Bertz CT molecular complexity index is 220. The molecule has 0 aromatic carbocycles. The number of carbonyl (C=O) groups excluding carboxylic acids is 1. The monoisotopic (exact) mass is 211 g/mol. The normalized spacial score (nSPS) is 14.0. The third-order valence-corrected chi connectivity index (χ3v) is 2.37. The number of nitrogens with zero attached hydrogens (tertiary/aromatic N) is 1. The van der Waals surface area contributed by atoms with Crippen molar-refractivity contribution in [2.75, 3.05) is 6.61 Å². The highest BCUT2D eigenvalue weighted by molar-refractivity contribution is 5.70. The molecule has 0 saturated carbocycles. The van der Waals surface area contributed by atoms with Gasteiger partial charge in [-0.2, -0.15) is 5.26 Å². The molecule has 0 heterocycles. The average Bonchev–Trinajstić information content (AvgIpc) is 2.17. The van der Waals surface area contributed by atoms with Gasteiger partial charge in [0.2, 0.25) is 0 Å². The molecular weight excluding hydrogens is 190 g/mol. The fourth-order valence-corrected chi connectivity index (χ4v) is 1.70. The van der Waals surface area contributed by atoms with E-state index in [0.29, 0.717) is 12.5 Å². The Labute approximate surface area is 92.4 Å². The lowest BCUT2D eigenvalue weighted by molar-refractivity contribution is -0.143. The van der Waals surface area contributed by atoms with Gasteiger partial charge in [-0.3, -0.25) is 4.79 Å². The summed E-state index contributed by atoms with van der Waals surface area (Å²) < 4.78 is 4.83. The lowest BCUT2D eigenvalue weighted by Crippen LogP contribution is -2.13. The van der Waals surface area contributed by atoms with E-state index in [1.54, 1.807) is 6.92 Å². The molecule has 0 bridgehead atoms. The third kappa shape index (κ3) is 6.96. The minimum Gasteiger partial charge on any atom is -0.466 e. The predicted octanol–water partition coefficient (Wildman–Crippen LogP) is 2.91. The van der Waals surface area contributed by atoms with E-state index in [1.807, 2.05) is 0 Å². The van der Waals surface area contributed by atoms with Crippen LogP contribution < -0.4 is 0 Å². The number of hydrogen-bond donors (Lipinski definition) is 0. The molecule has 1 unspecified atom stereocenters. The van der Waals surface area contributed by atoms with Crippen molar-refractivity contribution in [3.05, 3.63) is 0 Å². The molecular formula is C12H21NO2. The first-order valence-electron chi connectivity index (χ1n) is 5.69. The summed E-state index contributed by atoms with van der Waals surface area (Å²) in [4.78, 5) is 11.2. The van der Waals surface area contributed by atoms with Crippen LogP contribution in [0.4, 0.5) is 0 Å². The van der Waals surface area contributed by atoms with E-state index in [1.165, 1.54) is 0 Å². The van der Waals surface area contributed by atoms with Crippen molar-refractivity contribution in [2.24, 2.45) is 11.8 Å². The minimum absolute atomic E-state index is 0.189. The second-order valence-corrected chi connectivity index (χ2v) is 3.96. The first-order valence-corrected chi connectivity index (χ1v) is 5.69. The zero-order valence-corrected chi connectivity index (χ0v) is 9.95. The molecule has 0 radical (unpaired) electrons. The average molecular weight is 211 g/mol. The van der Waals surface area contributed by atoms with Gasteiger partial charge < -0.3 is 4.74 Å². The number of rotatable bonds is 7. The first kappa shape index (κ1) is 14.0. The van der Waals surface area contributed by atoms with Crippen molar-refractivity contribution >= 4 is 5.97 Å². The predicted molar refractivity (Wildman–Crippen MR) is 59.0 cm³/mol. The zero-order chi connectivity index (χ0) is 11.7. The van der Waals surface area contributed by atoms with Gasteiger partial charge in [0, 0.05) is 0 Å². The molecule has 0 amide bonds. The SMILES string of the molecule is CCC[C@@H](C)CC(C#N)CC(=O)OCC. The van der Waals surface area contributed by atoms with Crippen LogP contribution in [0.5, 0.6) is 0 Å². The van der Waals surface area contributed by atoms with Gasteiger partial charge in [0.15, 0.2) is 0 Å². The van der Waals surface area contributed by atoms with E-state index in [-0.39, 0.29) is 18.3 Å². The van der Waals surface area contributed by atoms with Crippen molar-refractivity contribution in [1.29, 1.82) is 5.26 Å². The van der Waals surface area contributed by atoms with Gasteiger partial charge in [0.05, 0.1) is 25.0 Å². The summed E-state index contributed by atoms with van der Waals surface area (Å²) in [5.74, 6) is 0.0624. The molecule has 86 valence electrons. The van der Waals surface area contributed by atoms with Crippen molar-refractivity contribution in [1.82, 2.24) is 0 Å². The largest absolute Gasteiger partial charge is 0.466 e. The van der Waals surface area contributed by atoms with Crippen LogP contribution in [0.25, 0.3) is 0 Å². The molecule has 0 spiro atoms. The molecule has 3 heteroatoms. The highest BCUT2D eigenvalue weighted by Gasteiger charge is 2.16. The molecule has 3 nitrogen and oxygen atoms in total.